The predicted octanol–water partition coefficient (Wildman–Crippen LogP) is 3.73. The number of methoxy groups -OCH3 is 3. The maximum atomic E-state index is 13.7. The largest absolute Gasteiger partial charge is 0.497 e. The second-order valence-corrected chi connectivity index (χ2v) is 8.14. The van der Waals surface area contributed by atoms with Crippen molar-refractivity contribution in [3.8, 4) is 17.2 Å². The summed E-state index contributed by atoms with van der Waals surface area (Å²) in [7, 11) is 4.66. The average Bonchev–Trinajstić information content (AvgIpc) is 3.09. The lowest BCUT2D eigenvalue weighted by Gasteiger charge is -2.32. The van der Waals surface area contributed by atoms with Crippen molar-refractivity contribution in [1.29, 1.82) is 0 Å². The van der Waals surface area contributed by atoms with Crippen LogP contribution in [0.2, 0.25) is 0 Å². The number of anilines is 1. The van der Waals surface area contributed by atoms with Crippen LogP contribution >= 0.6 is 0 Å². The molecule has 7 nitrogen and oxygen atoms in total. The van der Waals surface area contributed by atoms with Crippen LogP contribution in [0, 0.1) is 5.92 Å². The van der Waals surface area contributed by atoms with E-state index in [0.717, 1.165) is 25.9 Å². The van der Waals surface area contributed by atoms with Gasteiger partial charge in [0.25, 0.3) is 11.8 Å². The van der Waals surface area contributed by atoms with Crippen LogP contribution in [-0.4, -0.2) is 51.1 Å². The third-order valence-electron chi connectivity index (χ3n) is 6.13. The van der Waals surface area contributed by atoms with Gasteiger partial charge in [0.05, 0.1) is 32.6 Å². The monoisotopic (exact) mass is 436 g/mol. The summed E-state index contributed by atoms with van der Waals surface area (Å²) in [6.07, 6.45) is 1.96. The SMILES string of the molecule is COc1ccc(C2=C(N3CCC(C)CC3)C(=O)N(c3cc(OC)cc(OC)c3)C2=O)cc1. The summed E-state index contributed by atoms with van der Waals surface area (Å²) in [5.41, 5.74) is 1.97. The first-order valence-corrected chi connectivity index (χ1v) is 10.7. The van der Waals surface area contributed by atoms with Crippen molar-refractivity contribution in [2.45, 2.75) is 19.8 Å². The van der Waals surface area contributed by atoms with Gasteiger partial charge < -0.3 is 19.1 Å². The summed E-state index contributed by atoms with van der Waals surface area (Å²) in [4.78, 5) is 30.7. The van der Waals surface area contributed by atoms with Crippen LogP contribution in [0.1, 0.15) is 25.3 Å². The van der Waals surface area contributed by atoms with Crippen LogP contribution in [0.25, 0.3) is 5.57 Å². The normalized spacial score (nSPS) is 17.2. The molecule has 4 rings (SSSR count). The maximum absolute atomic E-state index is 13.7. The maximum Gasteiger partial charge on any atom is 0.282 e. The molecule has 0 bridgehead atoms. The van der Waals surface area contributed by atoms with Crippen molar-refractivity contribution in [3.05, 3.63) is 53.7 Å². The lowest BCUT2D eigenvalue weighted by atomic mass is 9.97. The Morgan fingerprint density at radius 3 is 1.88 bits per heavy atom. The van der Waals surface area contributed by atoms with Crippen LogP contribution in [0.4, 0.5) is 5.69 Å². The molecule has 32 heavy (non-hydrogen) atoms. The molecule has 0 atom stereocenters. The summed E-state index contributed by atoms with van der Waals surface area (Å²) in [5.74, 6) is 1.61. The molecule has 0 radical (unpaired) electrons. The topological polar surface area (TPSA) is 68.3 Å². The Kier molecular flexibility index (Phi) is 6.08. The van der Waals surface area contributed by atoms with Crippen LogP contribution < -0.4 is 19.1 Å². The predicted molar refractivity (Wildman–Crippen MR) is 122 cm³/mol. The van der Waals surface area contributed by atoms with Gasteiger partial charge in [-0.25, -0.2) is 4.90 Å². The second-order valence-electron chi connectivity index (χ2n) is 8.14. The lowest BCUT2D eigenvalue weighted by molar-refractivity contribution is -0.120. The fourth-order valence-electron chi connectivity index (χ4n) is 4.22. The molecule has 0 N–H and O–H groups in total. The van der Waals surface area contributed by atoms with E-state index in [-0.39, 0.29) is 11.8 Å². The fraction of sp³-hybridized carbons (Fsp3) is 0.360. The van der Waals surface area contributed by atoms with Crippen molar-refractivity contribution in [3.63, 3.8) is 0 Å². The Bertz CT molecular complexity index is 1030. The first kappa shape index (κ1) is 21.7. The molecular weight excluding hydrogens is 408 g/mol. The zero-order valence-electron chi connectivity index (χ0n) is 18.9. The highest BCUT2D eigenvalue weighted by Gasteiger charge is 2.43. The Morgan fingerprint density at radius 2 is 1.34 bits per heavy atom. The number of amides is 2. The number of ether oxygens (including phenoxy) is 3. The Balaban J connectivity index is 1.81. The van der Waals surface area contributed by atoms with Crippen LogP contribution in [-0.2, 0) is 9.59 Å². The molecular formula is C25H28N2O5. The smallest absolute Gasteiger partial charge is 0.282 e. The van der Waals surface area contributed by atoms with Crippen molar-refractivity contribution < 1.29 is 23.8 Å². The number of carbonyl (C=O) groups excluding carboxylic acids is 2. The molecule has 2 aliphatic rings. The van der Waals surface area contributed by atoms with E-state index >= 15 is 0 Å². The molecule has 2 aromatic rings. The highest BCUT2D eigenvalue weighted by atomic mass is 16.5. The molecule has 0 unspecified atom stereocenters. The highest BCUT2D eigenvalue weighted by Crippen LogP contribution is 2.39. The zero-order valence-corrected chi connectivity index (χ0v) is 18.9. The first-order chi connectivity index (χ1) is 15.5. The summed E-state index contributed by atoms with van der Waals surface area (Å²) in [6.45, 7) is 3.70. The van der Waals surface area contributed by atoms with Gasteiger partial charge in [0.15, 0.2) is 0 Å². The molecule has 0 aliphatic carbocycles. The molecule has 0 aromatic heterocycles. The minimum atomic E-state index is -0.357. The number of carbonyl (C=O) groups is 2. The van der Waals surface area contributed by atoms with E-state index in [1.807, 2.05) is 12.1 Å². The van der Waals surface area contributed by atoms with Crippen molar-refractivity contribution in [2.24, 2.45) is 5.92 Å². The van der Waals surface area contributed by atoms with Crippen molar-refractivity contribution in [2.75, 3.05) is 39.3 Å². The van der Waals surface area contributed by atoms with Gasteiger partial charge in [-0.15, -0.1) is 0 Å². The fourth-order valence-corrected chi connectivity index (χ4v) is 4.22. The Morgan fingerprint density at radius 1 is 0.781 bits per heavy atom. The molecule has 1 fully saturated rings. The summed E-state index contributed by atoms with van der Waals surface area (Å²) in [6, 6.07) is 12.3. The number of nitrogens with zero attached hydrogens (tertiary/aromatic N) is 2. The number of rotatable bonds is 6. The zero-order chi connectivity index (χ0) is 22.8. The van der Waals surface area contributed by atoms with Crippen LogP contribution in [0.15, 0.2) is 48.2 Å². The first-order valence-electron chi connectivity index (χ1n) is 10.7. The van der Waals surface area contributed by atoms with E-state index in [2.05, 4.69) is 11.8 Å². The number of piperidine rings is 1. The number of hydrogen-bond acceptors (Lipinski definition) is 6. The van der Waals surface area contributed by atoms with E-state index in [4.69, 9.17) is 14.2 Å². The molecule has 2 heterocycles. The Labute approximate surface area is 188 Å². The summed E-state index contributed by atoms with van der Waals surface area (Å²) in [5, 5.41) is 0. The molecule has 2 aromatic carbocycles. The number of benzene rings is 2. The number of imide groups is 1. The average molecular weight is 437 g/mol. The molecule has 1 saturated heterocycles. The second kappa shape index (κ2) is 8.94. The third kappa shape index (κ3) is 3.90. The minimum Gasteiger partial charge on any atom is -0.497 e. The third-order valence-corrected chi connectivity index (χ3v) is 6.13. The van der Waals surface area contributed by atoms with E-state index in [1.54, 1.807) is 37.4 Å². The van der Waals surface area contributed by atoms with Gasteiger partial charge in [-0.1, -0.05) is 19.1 Å². The molecule has 2 aliphatic heterocycles. The lowest BCUT2D eigenvalue weighted by Crippen LogP contribution is -2.38. The van der Waals surface area contributed by atoms with Crippen LogP contribution in [0.5, 0.6) is 17.2 Å². The minimum absolute atomic E-state index is 0.328. The van der Waals surface area contributed by atoms with E-state index < -0.39 is 0 Å². The molecule has 0 saturated carbocycles. The standard InChI is InChI=1S/C25H28N2O5/c1-16-9-11-26(12-10-16)23-22(17-5-7-19(30-2)8-6-17)24(28)27(25(23)29)18-13-20(31-3)15-21(14-18)32-4/h5-8,13-16H,9-12H2,1-4H3. The molecule has 168 valence electrons. The van der Waals surface area contributed by atoms with Gasteiger partial charge in [0.1, 0.15) is 22.9 Å². The van der Waals surface area contributed by atoms with Crippen LogP contribution in [0.3, 0.4) is 0 Å². The van der Waals surface area contributed by atoms with Crippen molar-refractivity contribution >= 4 is 23.1 Å². The van der Waals surface area contributed by atoms with Gasteiger partial charge in [0, 0.05) is 31.3 Å². The van der Waals surface area contributed by atoms with E-state index in [0.29, 0.717) is 45.7 Å². The highest BCUT2D eigenvalue weighted by molar-refractivity contribution is 6.45. The molecule has 7 heteroatoms. The number of hydrogen-bond donors (Lipinski definition) is 0. The summed E-state index contributed by atoms with van der Waals surface area (Å²) < 4.78 is 16.0. The Hall–Kier alpha value is -3.48. The van der Waals surface area contributed by atoms with Crippen molar-refractivity contribution in [1.82, 2.24) is 4.90 Å². The molecule has 0 spiro atoms. The molecule has 2 amide bonds. The van der Waals surface area contributed by atoms with E-state index in [9.17, 15) is 9.59 Å². The number of likely N-dealkylation sites (tertiary alicyclic amines) is 1. The quantitative estimate of drug-likeness (QED) is 0.643. The van der Waals surface area contributed by atoms with Gasteiger partial charge in [-0.05, 0) is 36.5 Å². The summed E-state index contributed by atoms with van der Waals surface area (Å²) >= 11 is 0. The van der Waals surface area contributed by atoms with Gasteiger partial charge in [0.2, 0.25) is 0 Å². The van der Waals surface area contributed by atoms with Gasteiger partial charge in [-0.3, -0.25) is 9.59 Å². The van der Waals surface area contributed by atoms with E-state index in [1.165, 1.54) is 19.1 Å². The van der Waals surface area contributed by atoms with Gasteiger partial charge in [-0.2, -0.15) is 0 Å². The van der Waals surface area contributed by atoms with Gasteiger partial charge >= 0.3 is 0 Å².